The lowest BCUT2D eigenvalue weighted by Crippen LogP contribution is -1.90. The van der Waals surface area contributed by atoms with Gasteiger partial charge in [-0.15, -0.1) is 0 Å². The molecule has 0 aliphatic carbocycles. The van der Waals surface area contributed by atoms with Crippen LogP contribution in [0.4, 0.5) is 4.39 Å². The number of aldehydes is 1. The molecule has 4 heteroatoms. The van der Waals surface area contributed by atoms with E-state index in [9.17, 15) is 9.18 Å². The summed E-state index contributed by atoms with van der Waals surface area (Å²) in [7, 11) is 0. The van der Waals surface area contributed by atoms with Gasteiger partial charge < -0.3 is 0 Å². The molecule has 0 spiro atoms. The summed E-state index contributed by atoms with van der Waals surface area (Å²) in [6, 6.07) is 4.14. The molecule has 0 bridgehead atoms. The molecule has 0 amide bonds. The molecule has 80 valence electrons. The number of aromatic nitrogens is 2. The Bertz CT molecular complexity index is 523. The van der Waals surface area contributed by atoms with Gasteiger partial charge in [0.15, 0.2) is 0 Å². The minimum atomic E-state index is -0.444. The van der Waals surface area contributed by atoms with E-state index < -0.39 is 5.82 Å². The van der Waals surface area contributed by atoms with Crippen molar-refractivity contribution in [1.29, 1.82) is 0 Å². The molecule has 0 fully saturated rings. The van der Waals surface area contributed by atoms with Gasteiger partial charge in [-0.2, -0.15) is 0 Å². The van der Waals surface area contributed by atoms with E-state index in [-0.39, 0.29) is 0 Å². The maximum atomic E-state index is 13.2. The zero-order valence-corrected chi connectivity index (χ0v) is 8.64. The van der Waals surface area contributed by atoms with Crippen LogP contribution in [0.25, 0.3) is 11.1 Å². The Morgan fingerprint density at radius 1 is 1.12 bits per heavy atom. The first kappa shape index (κ1) is 10.4. The lowest BCUT2D eigenvalue weighted by atomic mass is 10.1. The molecule has 2 rings (SSSR count). The summed E-state index contributed by atoms with van der Waals surface area (Å²) >= 11 is 0. The molecule has 0 unspecified atom stereocenters. The van der Waals surface area contributed by atoms with E-state index >= 15 is 0 Å². The minimum absolute atomic E-state index is 0.301. The van der Waals surface area contributed by atoms with Gasteiger partial charge in [0, 0.05) is 23.5 Å². The van der Waals surface area contributed by atoms with E-state index in [1.54, 1.807) is 25.4 Å². The quantitative estimate of drug-likeness (QED) is 0.724. The molecule has 16 heavy (non-hydrogen) atoms. The highest BCUT2D eigenvalue weighted by molar-refractivity contribution is 5.78. The Hall–Kier alpha value is -2.10. The number of carbonyl (C=O) groups is 1. The molecular formula is C12H9FN2O. The molecule has 0 radical (unpaired) electrons. The van der Waals surface area contributed by atoms with E-state index in [4.69, 9.17) is 0 Å². The second-order valence-corrected chi connectivity index (χ2v) is 3.41. The summed E-state index contributed by atoms with van der Waals surface area (Å²) in [5, 5.41) is 0. The zero-order chi connectivity index (χ0) is 11.5. The highest BCUT2D eigenvalue weighted by Crippen LogP contribution is 2.20. The molecule has 1 aromatic heterocycles. The second kappa shape index (κ2) is 4.18. The predicted octanol–water partition coefficient (Wildman–Crippen LogP) is 2.40. The number of hydrogen-bond acceptors (Lipinski definition) is 3. The molecule has 3 nitrogen and oxygen atoms in total. The first-order chi connectivity index (χ1) is 7.69. The Morgan fingerprint density at radius 3 is 2.44 bits per heavy atom. The van der Waals surface area contributed by atoms with E-state index in [1.165, 1.54) is 12.1 Å². The maximum absolute atomic E-state index is 13.2. The van der Waals surface area contributed by atoms with Crippen molar-refractivity contribution in [3.05, 3.63) is 47.8 Å². The summed E-state index contributed by atoms with van der Waals surface area (Å²) < 4.78 is 13.2. The maximum Gasteiger partial charge on any atom is 0.150 e. The number of hydrogen-bond donors (Lipinski definition) is 0. The lowest BCUT2D eigenvalue weighted by Gasteiger charge is -2.02. The Labute approximate surface area is 92.0 Å². The first-order valence-electron chi connectivity index (χ1n) is 4.74. The average Bonchev–Trinajstić information content (AvgIpc) is 2.29. The SMILES string of the molecule is Cc1ncc(-c2cc(F)cc(C=O)c2)cn1. The normalized spacial score (nSPS) is 10.1. The van der Waals surface area contributed by atoms with Crippen molar-refractivity contribution in [3.63, 3.8) is 0 Å². The van der Waals surface area contributed by atoms with Crippen LogP contribution in [0.15, 0.2) is 30.6 Å². The molecule has 0 saturated carbocycles. The Kier molecular flexibility index (Phi) is 2.72. The molecule has 1 heterocycles. The van der Waals surface area contributed by atoms with Crippen LogP contribution in [0.1, 0.15) is 16.2 Å². The molecule has 0 aliphatic heterocycles. The number of nitrogens with zero attached hydrogens (tertiary/aromatic N) is 2. The van der Waals surface area contributed by atoms with Gasteiger partial charge >= 0.3 is 0 Å². The fourth-order valence-electron chi connectivity index (χ4n) is 1.39. The topological polar surface area (TPSA) is 42.9 Å². The van der Waals surface area contributed by atoms with E-state index in [2.05, 4.69) is 9.97 Å². The monoisotopic (exact) mass is 216 g/mol. The van der Waals surface area contributed by atoms with Gasteiger partial charge in [0.25, 0.3) is 0 Å². The Balaban J connectivity index is 2.51. The standard InChI is InChI=1S/C12H9FN2O/c1-8-14-5-11(6-15-8)10-2-9(7-16)3-12(13)4-10/h2-7H,1H3. The summed E-state index contributed by atoms with van der Waals surface area (Å²) in [6.07, 6.45) is 3.82. The number of aryl methyl sites for hydroxylation is 1. The van der Waals surface area contributed by atoms with Crippen LogP contribution < -0.4 is 0 Å². The highest BCUT2D eigenvalue weighted by atomic mass is 19.1. The van der Waals surface area contributed by atoms with Gasteiger partial charge in [-0.05, 0) is 30.7 Å². The molecule has 0 saturated heterocycles. The van der Waals surface area contributed by atoms with Crippen molar-refractivity contribution in [1.82, 2.24) is 9.97 Å². The summed E-state index contributed by atoms with van der Waals surface area (Å²) in [5.41, 5.74) is 1.59. The summed E-state index contributed by atoms with van der Waals surface area (Å²) in [5.74, 6) is 0.205. The van der Waals surface area contributed by atoms with Crippen LogP contribution in [0.5, 0.6) is 0 Å². The molecule has 2 aromatic rings. The van der Waals surface area contributed by atoms with E-state index in [0.29, 0.717) is 28.8 Å². The highest BCUT2D eigenvalue weighted by Gasteiger charge is 2.03. The van der Waals surface area contributed by atoms with Crippen LogP contribution in [0, 0.1) is 12.7 Å². The third kappa shape index (κ3) is 2.11. The first-order valence-corrected chi connectivity index (χ1v) is 4.74. The Morgan fingerprint density at radius 2 is 1.81 bits per heavy atom. The van der Waals surface area contributed by atoms with Crippen LogP contribution in [-0.2, 0) is 0 Å². The van der Waals surface area contributed by atoms with Gasteiger partial charge in [-0.1, -0.05) is 0 Å². The number of rotatable bonds is 2. The van der Waals surface area contributed by atoms with Crippen molar-refractivity contribution in [2.45, 2.75) is 6.92 Å². The number of benzene rings is 1. The van der Waals surface area contributed by atoms with Gasteiger partial charge in [-0.3, -0.25) is 4.79 Å². The number of halogens is 1. The van der Waals surface area contributed by atoms with Crippen molar-refractivity contribution < 1.29 is 9.18 Å². The van der Waals surface area contributed by atoms with Crippen LogP contribution in [0.2, 0.25) is 0 Å². The van der Waals surface area contributed by atoms with Crippen molar-refractivity contribution in [2.24, 2.45) is 0 Å². The van der Waals surface area contributed by atoms with Crippen molar-refractivity contribution in [2.75, 3.05) is 0 Å². The fraction of sp³-hybridized carbons (Fsp3) is 0.0833. The third-order valence-corrected chi connectivity index (χ3v) is 2.17. The zero-order valence-electron chi connectivity index (χ0n) is 8.64. The van der Waals surface area contributed by atoms with E-state index in [0.717, 1.165) is 0 Å². The van der Waals surface area contributed by atoms with Gasteiger partial charge in [-0.25, -0.2) is 14.4 Å². The van der Waals surface area contributed by atoms with Crippen molar-refractivity contribution >= 4 is 6.29 Å². The molecule has 0 atom stereocenters. The fourth-order valence-corrected chi connectivity index (χ4v) is 1.39. The third-order valence-electron chi connectivity index (χ3n) is 2.17. The van der Waals surface area contributed by atoms with Gasteiger partial charge in [0.2, 0.25) is 0 Å². The van der Waals surface area contributed by atoms with Crippen LogP contribution in [0.3, 0.4) is 0 Å². The summed E-state index contributed by atoms with van der Waals surface area (Å²) in [6.45, 7) is 1.77. The largest absolute Gasteiger partial charge is 0.298 e. The smallest absolute Gasteiger partial charge is 0.150 e. The average molecular weight is 216 g/mol. The predicted molar refractivity (Wildman–Crippen MR) is 57.6 cm³/mol. The van der Waals surface area contributed by atoms with Crippen LogP contribution in [-0.4, -0.2) is 16.3 Å². The van der Waals surface area contributed by atoms with Crippen LogP contribution >= 0.6 is 0 Å². The molecule has 0 aliphatic rings. The minimum Gasteiger partial charge on any atom is -0.298 e. The van der Waals surface area contributed by atoms with E-state index in [1.807, 2.05) is 0 Å². The lowest BCUT2D eigenvalue weighted by molar-refractivity contribution is 0.112. The summed E-state index contributed by atoms with van der Waals surface area (Å²) in [4.78, 5) is 18.6. The van der Waals surface area contributed by atoms with Gasteiger partial charge in [0.1, 0.15) is 17.9 Å². The number of carbonyl (C=O) groups excluding carboxylic acids is 1. The molecule has 0 N–H and O–H groups in total. The van der Waals surface area contributed by atoms with Crippen molar-refractivity contribution in [3.8, 4) is 11.1 Å². The second-order valence-electron chi connectivity index (χ2n) is 3.41. The molecule has 1 aromatic carbocycles. The molecular weight excluding hydrogens is 207 g/mol. The van der Waals surface area contributed by atoms with Gasteiger partial charge in [0.05, 0.1) is 0 Å².